The van der Waals surface area contributed by atoms with Crippen molar-refractivity contribution in [2.75, 3.05) is 0 Å². The van der Waals surface area contributed by atoms with Crippen LogP contribution in [0.15, 0.2) is 0 Å². The van der Waals surface area contributed by atoms with Crippen molar-refractivity contribution in [2.45, 2.75) is 39.7 Å². The standard InChI is InChI=1S/C7H14O2.2BrH.Zn/c1-5-6(8)9-7(2,3)4;;;/h5H2,1-4H3;2*1H;/q;;;+2/p-2. The summed E-state index contributed by atoms with van der Waals surface area (Å²) in [6.45, 7) is 7.37. The van der Waals surface area contributed by atoms with Crippen LogP contribution in [0.25, 0.3) is 0 Å². The predicted molar refractivity (Wildman–Crippen MR) is 54.0 cm³/mol. The Kier molecular flexibility index (Phi) is 11.2. The van der Waals surface area contributed by atoms with Crippen LogP contribution in [0.5, 0.6) is 0 Å². The molecular formula is C7H14Br2O2Zn. The van der Waals surface area contributed by atoms with Crippen LogP contribution in [0, 0.1) is 0 Å². The van der Waals surface area contributed by atoms with Crippen molar-refractivity contribution in [2.24, 2.45) is 0 Å². The molecule has 12 heavy (non-hydrogen) atoms. The van der Waals surface area contributed by atoms with E-state index in [9.17, 15) is 4.79 Å². The van der Waals surface area contributed by atoms with Crippen molar-refractivity contribution in [1.82, 2.24) is 0 Å². The summed E-state index contributed by atoms with van der Waals surface area (Å²) in [6.07, 6.45) is 0.456. The van der Waals surface area contributed by atoms with Gasteiger partial charge < -0.3 is 4.74 Å². The first-order valence-electron chi connectivity index (χ1n) is 3.71. The molecule has 0 aliphatic carbocycles. The molecule has 0 atom stereocenters. The average Bonchev–Trinajstić information content (AvgIpc) is 1.86. The molecule has 0 saturated heterocycles. The molecule has 70 valence electrons. The normalized spacial score (nSPS) is 9.17. The van der Waals surface area contributed by atoms with Gasteiger partial charge in [0.1, 0.15) is 5.60 Å². The molecule has 0 aliphatic rings. The van der Waals surface area contributed by atoms with E-state index in [1.807, 2.05) is 20.8 Å². The summed E-state index contributed by atoms with van der Waals surface area (Å²) in [4.78, 5) is 10.6. The van der Waals surface area contributed by atoms with Crippen LogP contribution < -0.4 is 0 Å². The Labute approximate surface area is 95.1 Å². The van der Waals surface area contributed by atoms with Gasteiger partial charge in [-0.05, 0) is 20.8 Å². The van der Waals surface area contributed by atoms with Gasteiger partial charge in [0, 0.05) is 6.42 Å². The van der Waals surface area contributed by atoms with Crippen LogP contribution in [0.3, 0.4) is 0 Å². The molecule has 0 saturated carbocycles. The number of ether oxygens (including phenoxy) is 1. The maximum atomic E-state index is 10.6. The van der Waals surface area contributed by atoms with Crippen molar-refractivity contribution in [3.05, 3.63) is 0 Å². The van der Waals surface area contributed by atoms with Crippen LogP contribution in [-0.4, -0.2) is 11.6 Å². The molecule has 0 unspecified atom stereocenters. The Morgan fingerprint density at radius 3 is 1.83 bits per heavy atom. The molecule has 0 radical (unpaired) electrons. The minimum absolute atomic E-state index is 0.137. The van der Waals surface area contributed by atoms with Crippen molar-refractivity contribution >= 4 is 33.2 Å². The van der Waals surface area contributed by atoms with E-state index in [4.69, 9.17) is 4.74 Å². The molecule has 0 aliphatic heterocycles. The van der Waals surface area contributed by atoms with Gasteiger partial charge in [0.2, 0.25) is 0 Å². The fourth-order valence-corrected chi connectivity index (χ4v) is 0.414. The van der Waals surface area contributed by atoms with Gasteiger partial charge in [-0.2, -0.15) is 0 Å². The second-order valence-electron chi connectivity index (χ2n) is 3.04. The Bertz CT molecular complexity index is 123. The van der Waals surface area contributed by atoms with Crippen LogP contribution in [0.1, 0.15) is 34.1 Å². The van der Waals surface area contributed by atoms with Gasteiger partial charge in [0.25, 0.3) is 0 Å². The van der Waals surface area contributed by atoms with Crippen molar-refractivity contribution in [3.63, 3.8) is 0 Å². The average molecular weight is 355 g/mol. The molecular weight excluding hydrogens is 341 g/mol. The Morgan fingerprint density at radius 2 is 1.75 bits per heavy atom. The molecule has 0 rings (SSSR count). The zero-order valence-corrected chi connectivity index (χ0v) is 14.1. The summed E-state index contributed by atoms with van der Waals surface area (Å²) in [7, 11) is 0. The van der Waals surface area contributed by atoms with Gasteiger partial charge in [-0.25, -0.2) is 0 Å². The first-order valence-corrected chi connectivity index (χ1v) is 17.6. The van der Waals surface area contributed by atoms with E-state index in [0.717, 1.165) is 0 Å². The third-order valence-electron chi connectivity index (χ3n) is 0.709. The molecule has 0 spiro atoms. The van der Waals surface area contributed by atoms with Crippen LogP contribution in [-0.2, 0) is 22.7 Å². The van der Waals surface area contributed by atoms with Gasteiger partial charge in [-0.1, -0.05) is 6.92 Å². The van der Waals surface area contributed by atoms with Gasteiger partial charge in [-0.15, -0.1) is 0 Å². The molecule has 5 heteroatoms. The molecule has 0 bridgehead atoms. The van der Waals surface area contributed by atoms with Crippen molar-refractivity contribution in [1.29, 1.82) is 0 Å². The van der Waals surface area contributed by atoms with Crippen LogP contribution >= 0.6 is 27.2 Å². The van der Waals surface area contributed by atoms with Crippen molar-refractivity contribution in [3.8, 4) is 0 Å². The number of hydrogen-bond donors (Lipinski definition) is 0. The predicted octanol–water partition coefficient (Wildman–Crippen LogP) is 3.43. The Balaban J connectivity index is 0. The number of esters is 1. The summed E-state index contributed by atoms with van der Waals surface area (Å²) < 4.78 is 4.95. The zero-order valence-electron chi connectivity index (χ0n) is 7.99. The van der Waals surface area contributed by atoms with Gasteiger partial charge in [0.15, 0.2) is 0 Å². The monoisotopic (exact) mass is 352 g/mol. The van der Waals surface area contributed by atoms with Crippen LogP contribution in [0.2, 0.25) is 0 Å². The Morgan fingerprint density at radius 1 is 1.42 bits per heavy atom. The third-order valence-corrected chi connectivity index (χ3v) is 0.709. The number of rotatable bonds is 1. The van der Waals surface area contributed by atoms with E-state index in [2.05, 4.69) is 27.2 Å². The summed E-state index contributed by atoms with van der Waals surface area (Å²) in [5.74, 6) is -0.137. The summed E-state index contributed by atoms with van der Waals surface area (Å²) >= 11 is 6.25. The summed E-state index contributed by atoms with van der Waals surface area (Å²) in [5.41, 5.74) is -0.326. The SMILES string of the molecule is CCC(=O)OC(C)(C)C.[Br][Zn][Br]. The molecule has 0 aromatic heterocycles. The number of hydrogen-bond acceptors (Lipinski definition) is 2. The van der Waals surface area contributed by atoms with Crippen molar-refractivity contribution < 1.29 is 22.7 Å². The molecule has 0 fully saturated rings. The van der Waals surface area contributed by atoms with Gasteiger partial charge >= 0.3 is 46.4 Å². The fraction of sp³-hybridized carbons (Fsp3) is 0.857. The number of carbonyl (C=O) groups is 1. The summed E-state index contributed by atoms with van der Waals surface area (Å²) in [5, 5.41) is 0. The topological polar surface area (TPSA) is 26.3 Å². The second kappa shape index (κ2) is 8.64. The van der Waals surface area contributed by atoms with E-state index in [0.29, 0.717) is 6.42 Å². The Hall–Kier alpha value is 1.05. The molecule has 0 N–H and O–H groups in total. The molecule has 2 nitrogen and oxygen atoms in total. The van der Waals surface area contributed by atoms with E-state index in [1.54, 1.807) is 6.92 Å². The molecule has 0 amide bonds. The van der Waals surface area contributed by atoms with Crippen LogP contribution in [0.4, 0.5) is 0 Å². The third kappa shape index (κ3) is 17.2. The van der Waals surface area contributed by atoms with E-state index < -0.39 is 0 Å². The molecule has 0 aromatic carbocycles. The van der Waals surface area contributed by atoms with E-state index >= 15 is 0 Å². The first-order chi connectivity index (χ1) is 5.37. The number of halogens is 2. The van der Waals surface area contributed by atoms with Gasteiger partial charge in [-0.3, -0.25) is 4.79 Å². The maximum absolute atomic E-state index is 10.6. The fourth-order valence-electron chi connectivity index (χ4n) is 0.414. The molecule has 0 heterocycles. The summed E-state index contributed by atoms with van der Waals surface area (Å²) in [6, 6.07) is 0. The first kappa shape index (κ1) is 15.5. The minimum atomic E-state index is -0.326. The zero-order chi connectivity index (χ0) is 10.2. The number of carbonyl (C=O) groups excluding carboxylic acids is 1. The second-order valence-corrected chi connectivity index (χ2v) is 17.1. The van der Waals surface area contributed by atoms with Gasteiger partial charge in [0.05, 0.1) is 0 Å². The molecule has 0 aromatic rings. The van der Waals surface area contributed by atoms with E-state index in [1.165, 1.54) is 0 Å². The quantitative estimate of drug-likeness (QED) is 0.532. The van der Waals surface area contributed by atoms with E-state index in [-0.39, 0.29) is 24.8 Å².